The highest BCUT2D eigenvalue weighted by molar-refractivity contribution is 5.95. The zero-order valence-corrected chi connectivity index (χ0v) is 15.3. The van der Waals surface area contributed by atoms with Crippen LogP contribution in [0.1, 0.15) is 34.8 Å². The van der Waals surface area contributed by atoms with Gasteiger partial charge in [0.05, 0.1) is 13.5 Å². The molecule has 0 saturated heterocycles. The molecule has 0 aliphatic carbocycles. The maximum atomic E-state index is 12.3. The Labute approximate surface area is 158 Å². The van der Waals surface area contributed by atoms with Gasteiger partial charge in [0.25, 0.3) is 5.91 Å². The van der Waals surface area contributed by atoms with Crippen molar-refractivity contribution >= 4 is 17.7 Å². The largest absolute Gasteiger partial charge is 0.489 e. The first-order chi connectivity index (χ1) is 12.9. The van der Waals surface area contributed by atoms with Crippen molar-refractivity contribution in [2.24, 2.45) is 5.73 Å². The number of benzene rings is 2. The van der Waals surface area contributed by atoms with Crippen LogP contribution in [0.3, 0.4) is 0 Å². The highest BCUT2D eigenvalue weighted by Crippen LogP contribution is 2.16. The molecule has 2 rings (SSSR count). The summed E-state index contributed by atoms with van der Waals surface area (Å²) in [5, 5.41) is 10.1. The topological polar surface area (TPSA) is 114 Å². The number of methoxy groups -OCH3 is 1. The van der Waals surface area contributed by atoms with E-state index in [1.54, 1.807) is 43.3 Å². The van der Waals surface area contributed by atoms with Crippen molar-refractivity contribution < 1.29 is 19.1 Å². The van der Waals surface area contributed by atoms with Gasteiger partial charge < -0.3 is 20.5 Å². The summed E-state index contributed by atoms with van der Waals surface area (Å²) in [6, 6.07) is 13.7. The van der Waals surface area contributed by atoms with Crippen LogP contribution >= 0.6 is 0 Å². The molecule has 2 aromatic carbocycles. The van der Waals surface area contributed by atoms with E-state index in [1.165, 1.54) is 7.11 Å². The second-order valence-electron chi connectivity index (χ2n) is 6.08. The molecule has 0 spiro atoms. The molecule has 0 aliphatic heterocycles. The maximum absolute atomic E-state index is 12.3. The van der Waals surface area contributed by atoms with Crippen LogP contribution in [0.5, 0.6) is 5.75 Å². The number of rotatable bonds is 8. The Morgan fingerprint density at radius 1 is 1.15 bits per heavy atom. The second-order valence-corrected chi connectivity index (χ2v) is 6.08. The Morgan fingerprint density at radius 3 is 2.48 bits per heavy atom. The third-order valence-electron chi connectivity index (χ3n) is 3.84. The molecule has 0 fully saturated rings. The number of carbonyl (C=O) groups is 2. The molecule has 1 amide bonds. The summed E-state index contributed by atoms with van der Waals surface area (Å²) in [6.45, 7) is 2.06. The monoisotopic (exact) mass is 369 g/mol. The predicted octanol–water partition coefficient (Wildman–Crippen LogP) is 2.23. The predicted molar refractivity (Wildman–Crippen MR) is 102 cm³/mol. The summed E-state index contributed by atoms with van der Waals surface area (Å²) >= 11 is 0. The second kappa shape index (κ2) is 9.38. The Kier molecular flexibility index (Phi) is 6.93. The molecule has 0 heterocycles. The zero-order chi connectivity index (χ0) is 19.8. The SMILES string of the molecule is COC(=O)CC(C)NC(=O)c1cccc(OCc2ccc(C(=N)N)cc2)c1. The minimum Gasteiger partial charge on any atom is -0.489 e. The summed E-state index contributed by atoms with van der Waals surface area (Å²) < 4.78 is 10.3. The fourth-order valence-corrected chi connectivity index (χ4v) is 2.37. The molecular weight excluding hydrogens is 346 g/mol. The fourth-order valence-electron chi connectivity index (χ4n) is 2.37. The van der Waals surface area contributed by atoms with Gasteiger partial charge in [0, 0.05) is 17.2 Å². The molecule has 142 valence electrons. The van der Waals surface area contributed by atoms with Crippen molar-refractivity contribution in [3.05, 3.63) is 65.2 Å². The van der Waals surface area contributed by atoms with Crippen LogP contribution < -0.4 is 15.8 Å². The minimum atomic E-state index is -0.379. The number of hydrogen-bond donors (Lipinski definition) is 3. The van der Waals surface area contributed by atoms with E-state index in [9.17, 15) is 9.59 Å². The van der Waals surface area contributed by atoms with E-state index in [-0.39, 0.29) is 30.2 Å². The summed E-state index contributed by atoms with van der Waals surface area (Å²) in [5.41, 5.74) is 7.44. The molecule has 7 nitrogen and oxygen atoms in total. The van der Waals surface area contributed by atoms with Gasteiger partial charge in [-0.2, -0.15) is 0 Å². The van der Waals surface area contributed by atoms with E-state index < -0.39 is 0 Å². The lowest BCUT2D eigenvalue weighted by Gasteiger charge is -2.13. The van der Waals surface area contributed by atoms with Crippen LogP contribution in [-0.2, 0) is 16.1 Å². The lowest BCUT2D eigenvalue weighted by Crippen LogP contribution is -2.34. The number of ether oxygens (including phenoxy) is 2. The van der Waals surface area contributed by atoms with Gasteiger partial charge in [0.15, 0.2) is 0 Å². The molecule has 0 saturated carbocycles. The zero-order valence-electron chi connectivity index (χ0n) is 15.3. The van der Waals surface area contributed by atoms with Gasteiger partial charge in [-0.1, -0.05) is 30.3 Å². The number of nitrogens with two attached hydrogens (primary N) is 1. The van der Waals surface area contributed by atoms with Crippen LogP contribution in [0, 0.1) is 5.41 Å². The number of amidine groups is 1. The van der Waals surface area contributed by atoms with Crippen molar-refractivity contribution in [3.63, 3.8) is 0 Å². The summed E-state index contributed by atoms with van der Waals surface area (Å²) in [5.74, 6) is -0.0973. The van der Waals surface area contributed by atoms with E-state index in [0.717, 1.165) is 5.56 Å². The number of carbonyl (C=O) groups excluding carboxylic acids is 2. The molecule has 7 heteroatoms. The van der Waals surface area contributed by atoms with Crippen molar-refractivity contribution in [1.29, 1.82) is 5.41 Å². The van der Waals surface area contributed by atoms with Crippen LogP contribution in [0.25, 0.3) is 0 Å². The van der Waals surface area contributed by atoms with E-state index in [0.29, 0.717) is 23.5 Å². The standard InChI is InChI=1S/C20H23N3O4/c1-13(10-18(24)26-2)23-20(25)16-4-3-5-17(11-16)27-12-14-6-8-15(9-7-14)19(21)22/h3-9,11,13H,10,12H2,1-2H3,(H3,21,22)(H,23,25). The van der Waals surface area contributed by atoms with Crippen molar-refractivity contribution in [2.75, 3.05) is 7.11 Å². The van der Waals surface area contributed by atoms with Gasteiger partial charge in [0.1, 0.15) is 18.2 Å². The molecule has 1 atom stereocenters. The van der Waals surface area contributed by atoms with Gasteiger partial charge >= 0.3 is 5.97 Å². The first-order valence-electron chi connectivity index (χ1n) is 8.43. The van der Waals surface area contributed by atoms with Gasteiger partial charge in [0.2, 0.25) is 0 Å². The minimum absolute atomic E-state index is 0.0163. The molecular formula is C20H23N3O4. The van der Waals surface area contributed by atoms with Crippen molar-refractivity contribution in [2.45, 2.75) is 26.0 Å². The average molecular weight is 369 g/mol. The molecule has 0 bridgehead atoms. The van der Waals surface area contributed by atoms with Crippen LogP contribution in [0.4, 0.5) is 0 Å². The Hall–Kier alpha value is -3.35. The van der Waals surface area contributed by atoms with E-state index in [4.69, 9.17) is 15.9 Å². The van der Waals surface area contributed by atoms with Crippen LogP contribution in [0.15, 0.2) is 48.5 Å². The number of nitrogen functional groups attached to an aromatic ring is 1. The quantitative estimate of drug-likeness (QED) is 0.375. The van der Waals surface area contributed by atoms with Gasteiger partial charge in [-0.25, -0.2) is 0 Å². The Balaban J connectivity index is 1.95. The highest BCUT2D eigenvalue weighted by atomic mass is 16.5. The summed E-state index contributed by atoms with van der Waals surface area (Å²) in [7, 11) is 1.31. The number of hydrogen-bond acceptors (Lipinski definition) is 5. The lowest BCUT2D eigenvalue weighted by atomic mass is 10.1. The highest BCUT2D eigenvalue weighted by Gasteiger charge is 2.14. The van der Waals surface area contributed by atoms with E-state index in [1.807, 2.05) is 12.1 Å². The molecule has 0 radical (unpaired) electrons. The average Bonchev–Trinajstić information content (AvgIpc) is 2.66. The van der Waals surface area contributed by atoms with Crippen LogP contribution in [-0.4, -0.2) is 30.9 Å². The molecule has 2 aromatic rings. The molecule has 0 aromatic heterocycles. The third-order valence-corrected chi connectivity index (χ3v) is 3.84. The lowest BCUT2D eigenvalue weighted by molar-refractivity contribution is -0.141. The van der Waals surface area contributed by atoms with Crippen molar-refractivity contribution in [1.82, 2.24) is 5.32 Å². The van der Waals surface area contributed by atoms with E-state index in [2.05, 4.69) is 10.1 Å². The molecule has 27 heavy (non-hydrogen) atoms. The first-order valence-corrected chi connectivity index (χ1v) is 8.43. The maximum Gasteiger partial charge on any atom is 0.307 e. The fraction of sp³-hybridized carbons (Fsp3) is 0.250. The van der Waals surface area contributed by atoms with E-state index >= 15 is 0 Å². The summed E-state index contributed by atoms with van der Waals surface area (Å²) in [4.78, 5) is 23.6. The first kappa shape index (κ1) is 20.0. The molecule has 1 unspecified atom stereocenters. The van der Waals surface area contributed by atoms with Crippen molar-refractivity contribution in [3.8, 4) is 5.75 Å². The van der Waals surface area contributed by atoms with Crippen LogP contribution in [0.2, 0.25) is 0 Å². The number of esters is 1. The third kappa shape index (κ3) is 6.14. The van der Waals surface area contributed by atoms with Gasteiger partial charge in [-0.15, -0.1) is 0 Å². The Bertz CT molecular complexity index is 818. The number of nitrogens with one attached hydrogen (secondary N) is 2. The molecule has 0 aliphatic rings. The van der Waals surface area contributed by atoms with Gasteiger partial charge in [-0.05, 0) is 30.7 Å². The Morgan fingerprint density at radius 2 is 1.85 bits per heavy atom. The number of amides is 1. The van der Waals surface area contributed by atoms with Gasteiger partial charge in [-0.3, -0.25) is 15.0 Å². The molecule has 4 N–H and O–H groups in total. The summed E-state index contributed by atoms with van der Waals surface area (Å²) in [6.07, 6.45) is 0.106. The smallest absolute Gasteiger partial charge is 0.307 e. The normalized spacial score (nSPS) is 11.3.